The summed E-state index contributed by atoms with van der Waals surface area (Å²) in [5.74, 6) is -5.29. The third kappa shape index (κ3) is 7.11. The van der Waals surface area contributed by atoms with Gasteiger partial charge in [-0.25, -0.2) is 13.1 Å². The van der Waals surface area contributed by atoms with Crippen molar-refractivity contribution < 1.29 is 27.5 Å². The summed E-state index contributed by atoms with van der Waals surface area (Å²) >= 11 is 0. The molecule has 1 aliphatic heterocycles. The van der Waals surface area contributed by atoms with E-state index in [1.807, 2.05) is 12.1 Å². The number of amides is 2. The second-order valence-electron chi connectivity index (χ2n) is 10.6. The Bertz CT molecular complexity index is 1260. The average molecular weight is 546 g/mol. The summed E-state index contributed by atoms with van der Waals surface area (Å²) in [6.07, 6.45) is 1.10. The molecule has 3 rings (SSSR count). The van der Waals surface area contributed by atoms with Gasteiger partial charge in [0.1, 0.15) is 11.5 Å². The van der Waals surface area contributed by atoms with Crippen LogP contribution in [-0.2, 0) is 29.1 Å². The molecule has 2 aromatic rings. The van der Waals surface area contributed by atoms with Gasteiger partial charge in [-0.05, 0) is 89.4 Å². The number of sulfonamides is 1. The van der Waals surface area contributed by atoms with E-state index >= 15 is 0 Å². The molecule has 9 nitrogen and oxygen atoms in total. The minimum Gasteiger partial charge on any atom is -0.460 e. The Kier molecular flexibility index (Phi) is 9.54. The molecule has 208 valence electrons. The highest BCUT2D eigenvalue weighted by Crippen LogP contribution is 2.33. The lowest BCUT2D eigenvalue weighted by Gasteiger charge is -2.36. The zero-order valence-corrected chi connectivity index (χ0v) is 23.6. The van der Waals surface area contributed by atoms with E-state index in [9.17, 15) is 22.8 Å². The van der Waals surface area contributed by atoms with Crippen LogP contribution in [0, 0.1) is 17.8 Å². The normalized spacial score (nSPS) is 16.4. The standard InChI is InChI=1S/C28H39N3O6S/c1-6-31(7-2)26(33)24(23(20-14-16-29-17-15-20)27(34)37-28(3,4)5)25(32)30-38(35,36)22-13-12-19-10-8-9-11-21(19)18-22/h8-13,18,20,23-24,29H,6-7,14-17H2,1-5H3,(H,30,32). The maximum Gasteiger partial charge on any atom is 0.311 e. The topological polar surface area (TPSA) is 122 Å². The van der Waals surface area contributed by atoms with Crippen LogP contribution in [0.15, 0.2) is 47.4 Å². The summed E-state index contributed by atoms with van der Waals surface area (Å²) in [6, 6.07) is 11.8. The van der Waals surface area contributed by atoms with Crippen molar-refractivity contribution in [2.45, 2.75) is 58.0 Å². The Morgan fingerprint density at radius 1 is 1.03 bits per heavy atom. The van der Waals surface area contributed by atoms with Crippen molar-refractivity contribution in [1.29, 1.82) is 0 Å². The Morgan fingerprint density at radius 3 is 2.21 bits per heavy atom. The number of carbonyl (C=O) groups is 3. The van der Waals surface area contributed by atoms with Crippen LogP contribution >= 0.6 is 0 Å². The second kappa shape index (κ2) is 12.3. The number of nitrogens with one attached hydrogen (secondary N) is 2. The Labute approximate surface area is 225 Å². The van der Waals surface area contributed by atoms with Gasteiger partial charge in [-0.3, -0.25) is 14.4 Å². The molecular weight excluding hydrogens is 506 g/mol. The number of hydrogen-bond donors (Lipinski definition) is 2. The van der Waals surface area contributed by atoms with Crippen LogP contribution in [-0.4, -0.2) is 62.9 Å². The van der Waals surface area contributed by atoms with Crippen molar-refractivity contribution in [3.63, 3.8) is 0 Å². The van der Waals surface area contributed by atoms with Crippen molar-refractivity contribution in [2.75, 3.05) is 26.2 Å². The van der Waals surface area contributed by atoms with Crippen molar-refractivity contribution in [1.82, 2.24) is 14.9 Å². The molecule has 0 aromatic heterocycles. The molecule has 0 spiro atoms. The van der Waals surface area contributed by atoms with E-state index in [1.165, 1.54) is 17.0 Å². The lowest BCUT2D eigenvalue weighted by molar-refractivity contribution is -0.170. The highest BCUT2D eigenvalue weighted by Gasteiger charge is 2.47. The molecule has 0 saturated carbocycles. The second-order valence-corrected chi connectivity index (χ2v) is 12.3. The number of nitrogens with zero attached hydrogens (tertiary/aromatic N) is 1. The molecule has 0 radical (unpaired) electrons. The highest BCUT2D eigenvalue weighted by atomic mass is 32.2. The number of ether oxygens (including phenoxy) is 1. The summed E-state index contributed by atoms with van der Waals surface area (Å²) < 4.78 is 34.5. The summed E-state index contributed by atoms with van der Waals surface area (Å²) in [6.45, 7) is 10.6. The molecule has 10 heteroatoms. The predicted octanol–water partition coefficient (Wildman–Crippen LogP) is 3.09. The molecule has 2 atom stereocenters. The minimum absolute atomic E-state index is 0.103. The summed E-state index contributed by atoms with van der Waals surface area (Å²) in [5, 5.41) is 4.77. The predicted molar refractivity (Wildman–Crippen MR) is 146 cm³/mol. The first-order chi connectivity index (χ1) is 17.9. The molecule has 2 unspecified atom stereocenters. The number of esters is 1. The third-order valence-electron chi connectivity index (χ3n) is 6.82. The molecule has 1 saturated heterocycles. The first kappa shape index (κ1) is 29.6. The van der Waals surface area contributed by atoms with Gasteiger partial charge in [-0.15, -0.1) is 0 Å². The molecular formula is C28H39N3O6S. The molecule has 1 heterocycles. The Morgan fingerprint density at radius 2 is 1.63 bits per heavy atom. The third-order valence-corrected chi connectivity index (χ3v) is 8.16. The quantitative estimate of drug-likeness (QED) is 0.367. The van der Waals surface area contributed by atoms with Gasteiger partial charge in [0.25, 0.3) is 10.0 Å². The summed E-state index contributed by atoms with van der Waals surface area (Å²) in [7, 11) is -4.33. The van der Waals surface area contributed by atoms with Crippen molar-refractivity contribution >= 4 is 38.6 Å². The molecule has 2 amide bonds. The molecule has 1 fully saturated rings. The molecule has 2 aromatic carbocycles. The lowest BCUT2D eigenvalue weighted by atomic mass is 9.75. The number of carbonyl (C=O) groups excluding carboxylic acids is 3. The first-order valence-electron chi connectivity index (χ1n) is 13.2. The van der Waals surface area contributed by atoms with Crippen LogP contribution in [0.4, 0.5) is 0 Å². The van der Waals surface area contributed by atoms with Gasteiger partial charge in [0, 0.05) is 13.1 Å². The minimum atomic E-state index is -4.33. The van der Waals surface area contributed by atoms with Crippen molar-refractivity contribution in [3.05, 3.63) is 42.5 Å². The van der Waals surface area contributed by atoms with Crippen LogP contribution in [0.3, 0.4) is 0 Å². The van der Waals surface area contributed by atoms with E-state index in [0.29, 0.717) is 44.4 Å². The average Bonchev–Trinajstić information content (AvgIpc) is 2.86. The van der Waals surface area contributed by atoms with Crippen LogP contribution < -0.4 is 10.0 Å². The molecule has 0 aliphatic carbocycles. The number of rotatable bonds is 9. The number of piperidine rings is 1. The lowest BCUT2D eigenvalue weighted by Crippen LogP contribution is -2.53. The van der Waals surface area contributed by atoms with E-state index in [2.05, 4.69) is 10.0 Å². The van der Waals surface area contributed by atoms with E-state index in [0.717, 1.165) is 5.39 Å². The smallest absolute Gasteiger partial charge is 0.311 e. The van der Waals surface area contributed by atoms with Gasteiger partial charge in [0.15, 0.2) is 0 Å². The van der Waals surface area contributed by atoms with Crippen molar-refractivity contribution in [2.24, 2.45) is 17.8 Å². The molecule has 38 heavy (non-hydrogen) atoms. The van der Waals surface area contributed by atoms with Gasteiger partial charge in [-0.2, -0.15) is 0 Å². The molecule has 1 aliphatic rings. The zero-order chi connectivity index (χ0) is 28.1. The van der Waals surface area contributed by atoms with Crippen LogP contribution in [0.1, 0.15) is 47.5 Å². The van der Waals surface area contributed by atoms with E-state index in [-0.39, 0.29) is 10.8 Å². The molecule has 0 bridgehead atoms. The summed E-state index contributed by atoms with van der Waals surface area (Å²) in [5.41, 5.74) is -0.849. The largest absolute Gasteiger partial charge is 0.460 e. The van der Waals surface area contributed by atoms with Gasteiger partial charge in [0.05, 0.1) is 10.8 Å². The van der Waals surface area contributed by atoms with Gasteiger partial charge in [-0.1, -0.05) is 30.3 Å². The fraction of sp³-hybridized carbons (Fsp3) is 0.536. The van der Waals surface area contributed by atoms with Crippen LogP contribution in [0.5, 0.6) is 0 Å². The number of hydrogen-bond acceptors (Lipinski definition) is 7. The fourth-order valence-corrected chi connectivity index (χ4v) is 5.96. The van der Waals surface area contributed by atoms with Crippen LogP contribution in [0.2, 0.25) is 0 Å². The number of benzene rings is 2. The van der Waals surface area contributed by atoms with Crippen molar-refractivity contribution in [3.8, 4) is 0 Å². The van der Waals surface area contributed by atoms with E-state index < -0.39 is 45.2 Å². The number of fused-ring (bicyclic) bond motifs is 1. The Hall–Kier alpha value is -2.98. The molecule has 2 N–H and O–H groups in total. The maximum absolute atomic E-state index is 13.8. The fourth-order valence-electron chi connectivity index (χ4n) is 4.92. The van der Waals surface area contributed by atoms with E-state index in [1.54, 1.807) is 52.8 Å². The zero-order valence-electron chi connectivity index (χ0n) is 22.8. The van der Waals surface area contributed by atoms with Crippen LogP contribution in [0.25, 0.3) is 10.8 Å². The van der Waals surface area contributed by atoms with Gasteiger partial charge >= 0.3 is 5.97 Å². The van der Waals surface area contributed by atoms with E-state index in [4.69, 9.17) is 4.74 Å². The Balaban J connectivity index is 2.03. The maximum atomic E-state index is 13.8. The van der Waals surface area contributed by atoms with Gasteiger partial charge in [0.2, 0.25) is 11.8 Å². The monoisotopic (exact) mass is 545 g/mol. The first-order valence-corrected chi connectivity index (χ1v) is 14.6. The van der Waals surface area contributed by atoms with Gasteiger partial charge < -0.3 is 15.0 Å². The highest BCUT2D eigenvalue weighted by molar-refractivity contribution is 7.90. The SMILES string of the molecule is CCN(CC)C(=O)C(C(=O)NS(=O)(=O)c1ccc2ccccc2c1)C(C(=O)OC(C)(C)C)C1CCNCC1. The summed E-state index contributed by atoms with van der Waals surface area (Å²) in [4.78, 5) is 42.4.